The number of hydrogen-bond acceptors (Lipinski definition) is 3. The Labute approximate surface area is 173 Å². The normalized spacial score (nSPS) is 10.8. The number of carbonyl (C=O) groups is 1. The summed E-state index contributed by atoms with van der Waals surface area (Å²) in [6.45, 7) is 0. The molecule has 0 fully saturated rings. The highest BCUT2D eigenvalue weighted by atomic mass is 16.2. The molecule has 1 aromatic heterocycles. The largest absolute Gasteiger partial charge is 0.319 e. The number of nitrogens with zero attached hydrogens (tertiary/aromatic N) is 3. The van der Waals surface area contributed by atoms with Gasteiger partial charge >= 0.3 is 0 Å². The van der Waals surface area contributed by atoms with Gasteiger partial charge in [0, 0.05) is 11.3 Å². The van der Waals surface area contributed by atoms with Crippen molar-refractivity contribution in [1.29, 1.82) is 0 Å². The third kappa shape index (κ3) is 3.44. The maximum atomic E-state index is 12.9. The van der Waals surface area contributed by atoms with Crippen LogP contribution in [0.3, 0.4) is 0 Å². The summed E-state index contributed by atoms with van der Waals surface area (Å²) in [6, 6.07) is 33.2. The van der Waals surface area contributed by atoms with Crippen molar-refractivity contribution in [3.05, 3.63) is 109 Å². The van der Waals surface area contributed by atoms with Crippen molar-refractivity contribution in [2.75, 3.05) is 5.32 Å². The van der Waals surface area contributed by atoms with Gasteiger partial charge in [-0.15, -0.1) is 5.10 Å². The monoisotopic (exact) mass is 390 g/mol. The molecule has 144 valence electrons. The lowest BCUT2D eigenvalue weighted by Gasteiger charge is -2.05. The average molecular weight is 390 g/mol. The van der Waals surface area contributed by atoms with Crippen LogP contribution in [0, 0.1) is 0 Å². The van der Waals surface area contributed by atoms with Gasteiger partial charge in [0.15, 0.2) is 5.82 Å². The van der Waals surface area contributed by atoms with Crippen molar-refractivity contribution < 1.29 is 4.79 Å². The maximum absolute atomic E-state index is 12.9. The molecule has 1 amide bonds. The van der Waals surface area contributed by atoms with E-state index in [-0.39, 0.29) is 11.7 Å². The molecule has 0 atom stereocenters. The van der Waals surface area contributed by atoms with Crippen LogP contribution in [-0.2, 0) is 0 Å². The molecule has 0 radical (unpaired) electrons. The van der Waals surface area contributed by atoms with Crippen LogP contribution < -0.4 is 5.32 Å². The highest BCUT2D eigenvalue weighted by Crippen LogP contribution is 2.22. The lowest BCUT2D eigenvalue weighted by Crippen LogP contribution is -2.14. The summed E-state index contributed by atoms with van der Waals surface area (Å²) in [7, 11) is 0. The molecule has 0 unspecified atom stereocenters. The fourth-order valence-corrected chi connectivity index (χ4v) is 3.39. The summed E-state index contributed by atoms with van der Waals surface area (Å²) in [6.07, 6.45) is 0. The van der Waals surface area contributed by atoms with Gasteiger partial charge in [-0.05, 0) is 35.0 Å². The lowest BCUT2D eigenvalue weighted by molar-refractivity contribution is 0.101. The molecule has 0 aliphatic carbocycles. The molecule has 5 nitrogen and oxygen atoms in total. The van der Waals surface area contributed by atoms with Crippen molar-refractivity contribution in [2.24, 2.45) is 0 Å². The quantitative estimate of drug-likeness (QED) is 0.451. The van der Waals surface area contributed by atoms with Crippen LogP contribution in [-0.4, -0.2) is 20.7 Å². The Morgan fingerprint density at radius 1 is 0.733 bits per heavy atom. The van der Waals surface area contributed by atoms with E-state index < -0.39 is 0 Å². The Morgan fingerprint density at radius 2 is 1.40 bits per heavy atom. The van der Waals surface area contributed by atoms with Crippen LogP contribution in [0.1, 0.15) is 10.6 Å². The van der Waals surface area contributed by atoms with Crippen molar-refractivity contribution in [2.45, 2.75) is 0 Å². The van der Waals surface area contributed by atoms with Gasteiger partial charge in [0.2, 0.25) is 5.82 Å². The second-order valence-electron chi connectivity index (χ2n) is 6.89. The van der Waals surface area contributed by atoms with Gasteiger partial charge < -0.3 is 5.32 Å². The highest BCUT2D eigenvalue weighted by Gasteiger charge is 2.19. The Balaban J connectivity index is 1.52. The number of aromatic nitrogens is 3. The number of benzene rings is 4. The molecule has 0 bridgehead atoms. The van der Waals surface area contributed by atoms with Crippen molar-refractivity contribution in [1.82, 2.24) is 14.8 Å². The van der Waals surface area contributed by atoms with Crippen molar-refractivity contribution >= 4 is 22.4 Å². The molecule has 0 spiro atoms. The van der Waals surface area contributed by atoms with E-state index in [9.17, 15) is 4.79 Å². The molecule has 5 rings (SSSR count). The minimum atomic E-state index is -0.350. The third-order valence-corrected chi connectivity index (χ3v) is 4.85. The number of anilines is 1. The predicted molar refractivity (Wildman–Crippen MR) is 119 cm³/mol. The molecule has 0 aliphatic heterocycles. The summed E-state index contributed by atoms with van der Waals surface area (Å²) in [5.41, 5.74) is 2.43. The molecule has 5 aromatic rings. The second kappa shape index (κ2) is 7.64. The minimum absolute atomic E-state index is 0.117. The first-order valence-electron chi connectivity index (χ1n) is 9.66. The van der Waals surface area contributed by atoms with Gasteiger partial charge in [0.25, 0.3) is 5.91 Å². The number of nitrogens with one attached hydrogen (secondary N) is 1. The number of carbonyl (C=O) groups excluding carboxylic acids is 1. The van der Waals surface area contributed by atoms with E-state index in [0.717, 1.165) is 22.0 Å². The van der Waals surface area contributed by atoms with E-state index in [1.54, 1.807) is 4.68 Å². The van der Waals surface area contributed by atoms with Crippen LogP contribution in [0.5, 0.6) is 0 Å². The molecule has 1 heterocycles. The van der Waals surface area contributed by atoms with Crippen LogP contribution in [0.2, 0.25) is 0 Å². The van der Waals surface area contributed by atoms with Crippen LogP contribution in [0.25, 0.3) is 27.8 Å². The first kappa shape index (κ1) is 17.8. The third-order valence-electron chi connectivity index (χ3n) is 4.85. The predicted octanol–water partition coefficient (Wildman–Crippen LogP) is 5.34. The van der Waals surface area contributed by atoms with E-state index in [0.29, 0.717) is 11.5 Å². The van der Waals surface area contributed by atoms with E-state index in [1.807, 2.05) is 103 Å². The molecule has 0 aliphatic rings. The summed E-state index contributed by atoms with van der Waals surface area (Å²) in [5, 5.41) is 9.60. The van der Waals surface area contributed by atoms with Crippen molar-refractivity contribution in [3.8, 4) is 17.1 Å². The molecule has 0 saturated heterocycles. The van der Waals surface area contributed by atoms with E-state index >= 15 is 0 Å². The van der Waals surface area contributed by atoms with Crippen molar-refractivity contribution in [3.63, 3.8) is 0 Å². The van der Waals surface area contributed by atoms with Gasteiger partial charge in [0.05, 0.1) is 5.69 Å². The summed E-state index contributed by atoms with van der Waals surface area (Å²) >= 11 is 0. The van der Waals surface area contributed by atoms with E-state index in [4.69, 9.17) is 0 Å². The highest BCUT2D eigenvalue weighted by molar-refractivity contribution is 6.03. The smallest absolute Gasteiger partial charge is 0.295 e. The first-order valence-corrected chi connectivity index (χ1v) is 9.66. The molecule has 5 heteroatoms. The van der Waals surface area contributed by atoms with E-state index in [1.165, 1.54) is 0 Å². The minimum Gasteiger partial charge on any atom is -0.319 e. The fraction of sp³-hybridized carbons (Fsp3) is 0. The standard InChI is InChI=1S/C25H18N4O/c30-25(26-21-16-15-18-9-7-8-12-20(18)17-21)23-27-24(19-10-3-1-4-11-19)29(28-23)22-13-5-2-6-14-22/h1-17H,(H,26,30). The first-order chi connectivity index (χ1) is 14.8. The zero-order chi connectivity index (χ0) is 20.3. The Bertz CT molecular complexity index is 1270. The zero-order valence-electron chi connectivity index (χ0n) is 16.1. The van der Waals surface area contributed by atoms with Gasteiger partial charge in [-0.2, -0.15) is 0 Å². The molecular formula is C25H18N4O. The number of fused-ring (bicyclic) bond motifs is 1. The topological polar surface area (TPSA) is 59.8 Å². The van der Waals surface area contributed by atoms with E-state index in [2.05, 4.69) is 15.4 Å². The zero-order valence-corrected chi connectivity index (χ0v) is 16.1. The number of amides is 1. The van der Waals surface area contributed by atoms with Crippen LogP contribution in [0.15, 0.2) is 103 Å². The second-order valence-corrected chi connectivity index (χ2v) is 6.89. The average Bonchev–Trinajstić information content (AvgIpc) is 3.26. The summed E-state index contributed by atoms with van der Waals surface area (Å²) in [4.78, 5) is 17.5. The molecule has 30 heavy (non-hydrogen) atoms. The van der Waals surface area contributed by atoms with Gasteiger partial charge in [0.1, 0.15) is 0 Å². The molecular weight excluding hydrogens is 372 g/mol. The number of rotatable bonds is 4. The summed E-state index contributed by atoms with van der Waals surface area (Å²) in [5.74, 6) is 0.383. The maximum Gasteiger partial charge on any atom is 0.295 e. The van der Waals surface area contributed by atoms with Crippen LogP contribution in [0.4, 0.5) is 5.69 Å². The Morgan fingerprint density at radius 3 is 2.17 bits per heavy atom. The van der Waals surface area contributed by atoms with Crippen LogP contribution >= 0.6 is 0 Å². The van der Waals surface area contributed by atoms with Gasteiger partial charge in [-0.3, -0.25) is 4.79 Å². The number of para-hydroxylation sites is 1. The molecule has 0 saturated carbocycles. The fourth-order valence-electron chi connectivity index (χ4n) is 3.39. The van der Waals surface area contributed by atoms with Gasteiger partial charge in [-0.1, -0.05) is 78.9 Å². The Kier molecular flexibility index (Phi) is 4.54. The molecule has 4 aromatic carbocycles. The van der Waals surface area contributed by atoms with Gasteiger partial charge in [-0.25, -0.2) is 9.67 Å². The lowest BCUT2D eigenvalue weighted by atomic mass is 10.1. The summed E-state index contributed by atoms with van der Waals surface area (Å²) < 4.78 is 1.70. The molecule has 1 N–H and O–H groups in total. The SMILES string of the molecule is O=C(Nc1ccc2ccccc2c1)c1nc(-c2ccccc2)n(-c2ccccc2)n1. The Hall–Kier alpha value is -4.25. The number of hydrogen-bond donors (Lipinski definition) is 1.